The van der Waals surface area contributed by atoms with Gasteiger partial charge >= 0.3 is 24.4 Å². The number of carbonyl (C=O) groups excluding carboxylic acids is 2. The molecule has 6 nitrogen and oxygen atoms in total. The molecule has 13 heteroatoms. The zero-order valence-corrected chi connectivity index (χ0v) is 25.4. The first kappa shape index (κ1) is 33.0. The number of likely N-dealkylation sites (tertiary alicyclic amines) is 2. The lowest BCUT2D eigenvalue weighted by Gasteiger charge is -2.45. The van der Waals surface area contributed by atoms with E-state index in [1.807, 2.05) is 0 Å². The first-order valence-corrected chi connectivity index (χ1v) is 15.0. The lowest BCUT2D eigenvalue weighted by atomic mass is 9.88. The number of ether oxygens (including phenoxy) is 1. The fourth-order valence-corrected chi connectivity index (χ4v) is 7.02. The minimum atomic E-state index is -5.02. The van der Waals surface area contributed by atoms with E-state index in [0.29, 0.717) is 55.8 Å². The average molecular weight is 644 g/mol. The summed E-state index contributed by atoms with van der Waals surface area (Å²) < 4.78 is 101. The summed E-state index contributed by atoms with van der Waals surface area (Å²) in [5.74, 6) is -0.452. The van der Waals surface area contributed by atoms with Gasteiger partial charge in [-0.15, -0.1) is 0 Å². The number of alkyl halides is 6. The fraction of sp³-hybridized carbons (Fsp3) is 0.562. The van der Waals surface area contributed by atoms with E-state index < -0.39 is 52.8 Å². The van der Waals surface area contributed by atoms with Gasteiger partial charge in [-0.3, -0.25) is 9.69 Å². The van der Waals surface area contributed by atoms with Crippen molar-refractivity contribution in [1.82, 2.24) is 14.7 Å². The predicted octanol–water partition coefficient (Wildman–Crippen LogP) is 7.38. The van der Waals surface area contributed by atoms with Crippen molar-refractivity contribution in [1.29, 1.82) is 0 Å². The van der Waals surface area contributed by atoms with Gasteiger partial charge in [0.05, 0.1) is 35.2 Å². The molecule has 2 aliphatic heterocycles. The SMILES string of the molecule is CCOC(=O)C12CC1CN(C1CCN(C(=O)N(C)[C@H](C)c3cc(C(F)(F)F)cc(C(F)(F)F)c3)[C@@H](c3ccc(F)cc3C)C1)C2. The van der Waals surface area contributed by atoms with Gasteiger partial charge in [0.1, 0.15) is 5.82 Å². The third-order valence-corrected chi connectivity index (χ3v) is 9.76. The van der Waals surface area contributed by atoms with Crippen LogP contribution in [0.25, 0.3) is 0 Å². The second-order valence-corrected chi connectivity index (χ2v) is 12.5. The van der Waals surface area contributed by atoms with Crippen LogP contribution in [-0.2, 0) is 21.9 Å². The van der Waals surface area contributed by atoms with Gasteiger partial charge in [0.25, 0.3) is 0 Å². The zero-order chi connectivity index (χ0) is 33.1. The Kier molecular flexibility index (Phi) is 8.65. The van der Waals surface area contributed by atoms with Gasteiger partial charge in [0.2, 0.25) is 0 Å². The highest BCUT2D eigenvalue weighted by molar-refractivity contribution is 5.81. The maximum Gasteiger partial charge on any atom is 0.416 e. The highest BCUT2D eigenvalue weighted by Crippen LogP contribution is 2.59. The molecule has 5 rings (SSSR count). The Morgan fingerprint density at radius 3 is 2.29 bits per heavy atom. The number of amides is 2. The van der Waals surface area contributed by atoms with Gasteiger partial charge in [-0.1, -0.05) is 6.07 Å². The molecule has 2 amide bonds. The quantitative estimate of drug-likeness (QED) is 0.244. The Hall–Kier alpha value is -3.35. The molecule has 2 saturated heterocycles. The smallest absolute Gasteiger partial charge is 0.416 e. The van der Waals surface area contributed by atoms with E-state index in [2.05, 4.69) is 4.90 Å². The lowest BCUT2D eigenvalue weighted by Crippen LogP contribution is -2.52. The number of rotatable bonds is 6. The minimum Gasteiger partial charge on any atom is -0.466 e. The van der Waals surface area contributed by atoms with Crippen LogP contribution in [-0.4, -0.2) is 66.0 Å². The van der Waals surface area contributed by atoms with Crippen molar-refractivity contribution in [2.45, 2.75) is 70.5 Å². The van der Waals surface area contributed by atoms with Gasteiger partial charge < -0.3 is 14.5 Å². The molecule has 0 N–H and O–H groups in total. The van der Waals surface area contributed by atoms with Crippen molar-refractivity contribution in [3.05, 3.63) is 70.0 Å². The molecular weight excluding hydrogens is 607 g/mol. The Labute approximate surface area is 257 Å². The number of piperidine rings is 2. The summed E-state index contributed by atoms with van der Waals surface area (Å²) >= 11 is 0. The van der Waals surface area contributed by atoms with E-state index in [4.69, 9.17) is 4.74 Å². The number of hydrogen-bond donors (Lipinski definition) is 0. The molecule has 2 aromatic rings. The summed E-state index contributed by atoms with van der Waals surface area (Å²) in [7, 11) is 1.35. The highest BCUT2D eigenvalue weighted by Gasteiger charge is 2.66. The molecule has 0 aromatic heterocycles. The van der Waals surface area contributed by atoms with Crippen molar-refractivity contribution in [2.24, 2.45) is 11.3 Å². The third kappa shape index (κ3) is 6.37. The van der Waals surface area contributed by atoms with Gasteiger partial charge in [-0.25, -0.2) is 9.18 Å². The molecular formula is C32H36F7N3O3. The fourth-order valence-electron chi connectivity index (χ4n) is 7.02. The molecule has 2 aromatic carbocycles. The molecule has 3 unspecified atom stereocenters. The maximum atomic E-state index is 14.1. The van der Waals surface area contributed by atoms with Crippen LogP contribution < -0.4 is 0 Å². The van der Waals surface area contributed by atoms with E-state index in [0.717, 1.165) is 11.3 Å². The molecule has 45 heavy (non-hydrogen) atoms. The van der Waals surface area contributed by atoms with Crippen molar-refractivity contribution in [3.63, 3.8) is 0 Å². The largest absolute Gasteiger partial charge is 0.466 e. The number of benzene rings is 2. The van der Waals surface area contributed by atoms with Gasteiger partial charge in [0, 0.05) is 32.7 Å². The van der Waals surface area contributed by atoms with Crippen LogP contribution in [0, 0.1) is 24.1 Å². The number of halogens is 7. The molecule has 0 radical (unpaired) electrons. The summed E-state index contributed by atoms with van der Waals surface area (Å²) in [5.41, 5.74) is -2.43. The summed E-state index contributed by atoms with van der Waals surface area (Å²) in [4.78, 5) is 31.6. The van der Waals surface area contributed by atoms with Crippen molar-refractivity contribution in [2.75, 3.05) is 33.3 Å². The monoisotopic (exact) mass is 643 g/mol. The van der Waals surface area contributed by atoms with Crippen LogP contribution in [0.4, 0.5) is 35.5 Å². The van der Waals surface area contributed by atoms with Crippen LogP contribution in [0.1, 0.15) is 73.0 Å². The molecule has 0 spiro atoms. The molecule has 0 bridgehead atoms. The summed E-state index contributed by atoms with van der Waals surface area (Å²) in [6, 6.07) is 3.31. The van der Waals surface area contributed by atoms with Gasteiger partial charge in [0.15, 0.2) is 0 Å². The molecule has 3 fully saturated rings. The first-order valence-electron chi connectivity index (χ1n) is 15.0. The third-order valence-electron chi connectivity index (χ3n) is 9.76. The summed E-state index contributed by atoms with van der Waals surface area (Å²) in [5, 5.41) is 0. The topological polar surface area (TPSA) is 53.1 Å². The van der Waals surface area contributed by atoms with Crippen LogP contribution in [0.3, 0.4) is 0 Å². The number of fused-ring (bicyclic) bond motifs is 1. The number of hydrogen-bond acceptors (Lipinski definition) is 4. The average Bonchev–Trinajstić information content (AvgIpc) is 3.55. The summed E-state index contributed by atoms with van der Waals surface area (Å²) in [6.45, 7) is 6.65. The molecule has 2 heterocycles. The predicted molar refractivity (Wildman–Crippen MR) is 150 cm³/mol. The highest BCUT2D eigenvalue weighted by atomic mass is 19.4. The van der Waals surface area contributed by atoms with Crippen molar-refractivity contribution in [3.8, 4) is 0 Å². The molecule has 246 valence electrons. The van der Waals surface area contributed by atoms with Crippen LogP contribution in [0.2, 0.25) is 0 Å². The van der Waals surface area contributed by atoms with E-state index in [-0.39, 0.29) is 36.1 Å². The van der Waals surface area contributed by atoms with Crippen molar-refractivity contribution >= 4 is 12.0 Å². The summed E-state index contributed by atoms with van der Waals surface area (Å²) in [6.07, 6.45) is -8.28. The Morgan fingerprint density at radius 1 is 1.07 bits per heavy atom. The van der Waals surface area contributed by atoms with Crippen LogP contribution in [0.15, 0.2) is 36.4 Å². The number of nitrogens with zero attached hydrogens (tertiary/aromatic N) is 3. The molecule has 3 aliphatic rings. The van der Waals surface area contributed by atoms with E-state index in [1.165, 1.54) is 26.1 Å². The second-order valence-electron chi connectivity index (χ2n) is 12.5. The molecule has 5 atom stereocenters. The van der Waals surface area contributed by atoms with Crippen LogP contribution >= 0.6 is 0 Å². The minimum absolute atomic E-state index is 0.0110. The lowest BCUT2D eigenvalue weighted by molar-refractivity contribution is -0.150. The first-order chi connectivity index (χ1) is 21.0. The second kappa shape index (κ2) is 11.8. The zero-order valence-electron chi connectivity index (χ0n) is 25.4. The van der Waals surface area contributed by atoms with Gasteiger partial charge in [-0.05, 0) is 93.0 Å². The maximum absolute atomic E-state index is 14.1. The normalized spacial score (nSPS) is 25.9. The number of urea groups is 1. The van der Waals surface area contributed by atoms with E-state index >= 15 is 0 Å². The molecule has 1 aliphatic carbocycles. The number of carbonyl (C=O) groups is 2. The van der Waals surface area contributed by atoms with Gasteiger partial charge in [-0.2, -0.15) is 26.3 Å². The van der Waals surface area contributed by atoms with E-state index in [1.54, 1.807) is 24.8 Å². The Morgan fingerprint density at radius 2 is 1.71 bits per heavy atom. The van der Waals surface area contributed by atoms with E-state index in [9.17, 15) is 40.3 Å². The Balaban J connectivity index is 1.41. The molecule has 1 saturated carbocycles. The Bertz CT molecular complexity index is 1430. The van der Waals surface area contributed by atoms with Crippen molar-refractivity contribution < 1.29 is 45.1 Å². The number of aryl methyl sites for hydroxylation is 1. The standard InChI is InChI=1S/C32H36F7N3O3/c1-5-45-28(43)30-15-23(30)16-41(17-30)25-8-9-42(27(14-25)26-7-6-24(33)10-18(26)2)29(44)40(4)19(3)20-11-21(31(34,35)36)13-22(12-20)32(37,38)39/h6-7,10-13,19,23,25,27H,5,8-9,14-17H2,1-4H3/t19-,23?,25?,27-,30?/m1/s1. The number of esters is 1. The van der Waals surface area contributed by atoms with Crippen LogP contribution in [0.5, 0.6) is 0 Å².